The van der Waals surface area contributed by atoms with Gasteiger partial charge >= 0.3 is 0 Å². The standard InChI is InChI=1S/C15H27IO/c1-12-5-3-7-14(9-12)17-15(11-16)8-4-6-13(2)10-15/h12-14H,3-11H2,1-2H3. The van der Waals surface area contributed by atoms with E-state index in [-0.39, 0.29) is 5.60 Å². The molecule has 0 bridgehead atoms. The van der Waals surface area contributed by atoms with Gasteiger partial charge in [0.1, 0.15) is 0 Å². The third-order valence-electron chi connectivity index (χ3n) is 4.60. The third kappa shape index (κ3) is 3.82. The predicted octanol–water partition coefficient (Wildman–Crippen LogP) is 4.97. The lowest BCUT2D eigenvalue weighted by Gasteiger charge is -2.43. The number of ether oxygens (including phenoxy) is 1. The van der Waals surface area contributed by atoms with Crippen LogP contribution in [0, 0.1) is 11.8 Å². The van der Waals surface area contributed by atoms with Crippen LogP contribution in [0.15, 0.2) is 0 Å². The quantitative estimate of drug-likeness (QED) is 0.516. The first-order valence-electron chi connectivity index (χ1n) is 7.37. The van der Waals surface area contributed by atoms with E-state index >= 15 is 0 Å². The number of hydrogen-bond acceptors (Lipinski definition) is 1. The van der Waals surface area contributed by atoms with Gasteiger partial charge in [-0.25, -0.2) is 0 Å². The van der Waals surface area contributed by atoms with Crippen molar-refractivity contribution in [3.63, 3.8) is 0 Å². The van der Waals surface area contributed by atoms with E-state index in [1.807, 2.05) is 0 Å². The van der Waals surface area contributed by atoms with Crippen molar-refractivity contribution in [2.45, 2.75) is 76.9 Å². The zero-order chi connectivity index (χ0) is 12.3. The summed E-state index contributed by atoms with van der Waals surface area (Å²) < 4.78 is 7.78. The van der Waals surface area contributed by atoms with Gasteiger partial charge in [-0.15, -0.1) is 0 Å². The molecule has 0 saturated heterocycles. The van der Waals surface area contributed by atoms with Gasteiger partial charge in [-0.3, -0.25) is 0 Å². The van der Waals surface area contributed by atoms with Crippen molar-refractivity contribution in [2.75, 3.05) is 4.43 Å². The number of alkyl halides is 1. The Morgan fingerprint density at radius 2 is 1.88 bits per heavy atom. The van der Waals surface area contributed by atoms with E-state index in [1.165, 1.54) is 55.8 Å². The summed E-state index contributed by atoms with van der Waals surface area (Å²) in [6, 6.07) is 0. The maximum atomic E-state index is 6.60. The van der Waals surface area contributed by atoms with Crippen LogP contribution in [0.2, 0.25) is 0 Å². The maximum Gasteiger partial charge on any atom is 0.0777 e. The molecule has 1 nitrogen and oxygen atoms in total. The summed E-state index contributed by atoms with van der Waals surface area (Å²) in [6.45, 7) is 4.78. The molecule has 0 heterocycles. The van der Waals surface area contributed by atoms with Crippen LogP contribution in [-0.2, 0) is 4.74 Å². The Morgan fingerprint density at radius 1 is 1.12 bits per heavy atom. The first kappa shape index (κ1) is 14.1. The van der Waals surface area contributed by atoms with Crippen LogP contribution in [0.3, 0.4) is 0 Å². The Bertz CT molecular complexity index is 243. The number of hydrogen-bond donors (Lipinski definition) is 0. The van der Waals surface area contributed by atoms with Crippen molar-refractivity contribution in [1.82, 2.24) is 0 Å². The third-order valence-corrected chi connectivity index (χ3v) is 5.99. The maximum absolute atomic E-state index is 6.60. The molecule has 0 amide bonds. The zero-order valence-electron chi connectivity index (χ0n) is 11.4. The van der Waals surface area contributed by atoms with Crippen LogP contribution in [-0.4, -0.2) is 16.1 Å². The Hall–Kier alpha value is 0.690. The highest BCUT2D eigenvalue weighted by molar-refractivity contribution is 14.1. The van der Waals surface area contributed by atoms with Gasteiger partial charge in [-0.1, -0.05) is 62.1 Å². The first-order valence-corrected chi connectivity index (χ1v) is 8.90. The summed E-state index contributed by atoms with van der Waals surface area (Å²) >= 11 is 2.55. The molecule has 2 heteroatoms. The minimum absolute atomic E-state index is 0.222. The monoisotopic (exact) mass is 350 g/mol. The van der Waals surface area contributed by atoms with Gasteiger partial charge in [-0.2, -0.15) is 0 Å². The highest BCUT2D eigenvalue weighted by Crippen LogP contribution is 2.39. The lowest BCUT2D eigenvalue weighted by molar-refractivity contribution is -0.120. The van der Waals surface area contributed by atoms with Crippen molar-refractivity contribution in [3.8, 4) is 0 Å². The normalized spacial score (nSPS) is 43.6. The second kappa shape index (κ2) is 6.23. The van der Waals surface area contributed by atoms with Crippen LogP contribution in [0.1, 0.15) is 65.2 Å². The van der Waals surface area contributed by atoms with E-state index in [0.717, 1.165) is 11.8 Å². The summed E-state index contributed by atoms with van der Waals surface area (Å²) in [5, 5.41) is 0. The van der Waals surface area contributed by atoms with Crippen LogP contribution >= 0.6 is 22.6 Å². The Balaban J connectivity index is 1.93. The SMILES string of the molecule is CC1CCCC(OC2(CI)CCCC(C)C2)C1. The minimum atomic E-state index is 0.222. The number of rotatable bonds is 3. The van der Waals surface area contributed by atoms with E-state index in [4.69, 9.17) is 4.74 Å². The molecule has 0 aromatic rings. The smallest absolute Gasteiger partial charge is 0.0777 e. The molecule has 17 heavy (non-hydrogen) atoms. The van der Waals surface area contributed by atoms with Crippen molar-refractivity contribution in [1.29, 1.82) is 0 Å². The number of halogens is 1. The molecule has 2 rings (SSSR count). The Kier molecular flexibility index (Phi) is 5.17. The van der Waals surface area contributed by atoms with Crippen molar-refractivity contribution < 1.29 is 4.74 Å². The largest absolute Gasteiger partial charge is 0.371 e. The van der Waals surface area contributed by atoms with Gasteiger partial charge < -0.3 is 4.74 Å². The van der Waals surface area contributed by atoms with E-state index in [0.29, 0.717) is 6.10 Å². The molecule has 4 unspecified atom stereocenters. The summed E-state index contributed by atoms with van der Waals surface area (Å²) in [7, 11) is 0. The van der Waals surface area contributed by atoms with E-state index in [9.17, 15) is 0 Å². The van der Waals surface area contributed by atoms with E-state index < -0.39 is 0 Å². The highest BCUT2D eigenvalue weighted by atomic mass is 127. The molecule has 0 radical (unpaired) electrons. The Labute approximate surface area is 120 Å². The molecule has 2 fully saturated rings. The lowest BCUT2D eigenvalue weighted by atomic mass is 9.79. The minimum Gasteiger partial charge on any atom is -0.371 e. The van der Waals surface area contributed by atoms with Gasteiger partial charge in [-0.05, 0) is 37.5 Å². The summed E-state index contributed by atoms with van der Waals surface area (Å²) in [6.07, 6.45) is 11.3. The van der Waals surface area contributed by atoms with Gasteiger partial charge in [0, 0.05) is 4.43 Å². The summed E-state index contributed by atoms with van der Waals surface area (Å²) in [5.74, 6) is 1.74. The molecule has 0 spiro atoms. The van der Waals surface area contributed by atoms with E-state index in [2.05, 4.69) is 36.4 Å². The zero-order valence-corrected chi connectivity index (χ0v) is 13.5. The van der Waals surface area contributed by atoms with Crippen LogP contribution in [0.4, 0.5) is 0 Å². The molecule has 100 valence electrons. The fraction of sp³-hybridized carbons (Fsp3) is 1.00. The fourth-order valence-electron chi connectivity index (χ4n) is 3.71. The average Bonchev–Trinajstić information content (AvgIpc) is 2.29. The predicted molar refractivity (Wildman–Crippen MR) is 81.8 cm³/mol. The molecule has 0 aromatic heterocycles. The summed E-state index contributed by atoms with van der Waals surface area (Å²) in [4.78, 5) is 0. The average molecular weight is 350 g/mol. The molecule has 2 aliphatic rings. The molecule has 0 N–H and O–H groups in total. The van der Waals surface area contributed by atoms with Gasteiger partial charge in [0.15, 0.2) is 0 Å². The Morgan fingerprint density at radius 3 is 2.53 bits per heavy atom. The second-order valence-electron chi connectivity index (χ2n) is 6.53. The van der Waals surface area contributed by atoms with Gasteiger partial charge in [0.2, 0.25) is 0 Å². The van der Waals surface area contributed by atoms with Gasteiger partial charge in [0.25, 0.3) is 0 Å². The van der Waals surface area contributed by atoms with Gasteiger partial charge in [0.05, 0.1) is 11.7 Å². The van der Waals surface area contributed by atoms with Crippen LogP contribution in [0.5, 0.6) is 0 Å². The van der Waals surface area contributed by atoms with Crippen molar-refractivity contribution in [2.24, 2.45) is 11.8 Å². The molecule has 4 atom stereocenters. The topological polar surface area (TPSA) is 9.23 Å². The molecule has 0 aromatic carbocycles. The van der Waals surface area contributed by atoms with Crippen LogP contribution in [0.25, 0.3) is 0 Å². The fourth-order valence-corrected chi connectivity index (χ4v) is 4.58. The summed E-state index contributed by atoms with van der Waals surface area (Å²) in [5.41, 5.74) is 0.222. The molecule has 0 aliphatic heterocycles. The highest BCUT2D eigenvalue weighted by Gasteiger charge is 2.37. The molecule has 2 aliphatic carbocycles. The second-order valence-corrected chi connectivity index (χ2v) is 7.29. The molecule has 2 saturated carbocycles. The van der Waals surface area contributed by atoms with Crippen LogP contribution < -0.4 is 0 Å². The van der Waals surface area contributed by atoms with Crippen molar-refractivity contribution >= 4 is 22.6 Å². The van der Waals surface area contributed by atoms with Crippen molar-refractivity contribution in [3.05, 3.63) is 0 Å². The molecular formula is C15H27IO. The first-order chi connectivity index (χ1) is 8.13. The molecular weight excluding hydrogens is 323 g/mol. The lowest BCUT2D eigenvalue weighted by Crippen LogP contribution is -2.43. The van der Waals surface area contributed by atoms with E-state index in [1.54, 1.807) is 0 Å².